The summed E-state index contributed by atoms with van der Waals surface area (Å²) >= 11 is 0. The highest BCUT2D eigenvalue weighted by molar-refractivity contribution is 6.00. The molecule has 0 N–H and O–H groups in total. The summed E-state index contributed by atoms with van der Waals surface area (Å²) in [6, 6.07) is 80.4. The largest absolute Gasteiger partial charge is 0.333 e. The van der Waals surface area contributed by atoms with Crippen molar-refractivity contribution in [2.45, 2.75) is 82.1 Å². The summed E-state index contributed by atoms with van der Waals surface area (Å²) < 4.78 is 0. The lowest BCUT2D eigenvalue weighted by Crippen LogP contribution is -2.33. The van der Waals surface area contributed by atoms with Gasteiger partial charge in [-0.3, -0.25) is 0 Å². The van der Waals surface area contributed by atoms with Crippen LogP contribution in [0.3, 0.4) is 0 Å². The Morgan fingerprint density at radius 1 is 0.486 bits per heavy atom. The maximum absolute atomic E-state index is 2.66. The van der Waals surface area contributed by atoms with Gasteiger partial charge in [-0.1, -0.05) is 252 Å². The van der Waals surface area contributed by atoms with E-state index in [0.717, 1.165) is 6.42 Å². The molecule has 3 aliphatic rings. The SMILES string of the molecule is CC(C)(C)c1ccc(-c2ccccc2N(c2ccc(-c3cccc4c3-c3ccccc3C4(c3ccccc3)c3ccccc3)cc2)C2CC=CC=C2c2cccc3cccc(C4CCCCC4)c23)cc1. The van der Waals surface area contributed by atoms with Crippen LogP contribution in [-0.4, -0.2) is 6.04 Å². The van der Waals surface area contributed by atoms with E-state index in [1.54, 1.807) is 0 Å². The first-order chi connectivity index (χ1) is 34.4. The lowest BCUT2D eigenvalue weighted by atomic mass is 9.67. The minimum Gasteiger partial charge on any atom is -0.333 e. The molecule has 0 spiro atoms. The minimum atomic E-state index is -0.453. The lowest BCUT2D eigenvalue weighted by Gasteiger charge is -2.38. The number of hydrogen-bond acceptors (Lipinski definition) is 1. The van der Waals surface area contributed by atoms with Crippen molar-refractivity contribution in [3.8, 4) is 33.4 Å². The van der Waals surface area contributed by atoms with Crippen LogP contribution in [0.5, 0.6) is 0 Å². The molecule has 0 radical (unpaired) electrons. The number of benzene rings is 9. The normalized spacial score (nSPS) is 16.4. The summed E-state index contributed by atoms with van der Waals surface area (Å²) in [5.74, 6) is 0.592. The maximum atomic E-state index is 2.66. The molecule has 12 rings (SSSR count). The van der Waals surface area contributed by atoms with Crippen molar-refractivity contribution < 1.29 is 0 Å². The maximum Gasteiger partial charge on any atom is 0.0713 e. The fraction of sp³-hybridized carbons (Fsp3) is 0.188. The summed E-state index contributed by atoms with van der Waals surface area (Å²) in [6.45, 7) is 6.89. The molecular weight excluding hydrogens is 843 g/mol. The van der Waals surface area contributed by atoms with Gasteiger partial charge in [0.25, 0.3) is 0 Å². The number of nitrogens with zero attached hydrogens (tertiary/aromatic N) is 1. The molecule has 1 unspecified atom stereocenters. The van der Waals surface area contributed by atoms with Crippen LogP contribution in [0.2, 0.25) is 0 Å². The van der Waals surface area contributed by atoms with Crippen molar-refractivity contribution in [2.75, 3.05) is 4.90 Å². The van der Waals surface area contributed by atoms with Gasteiger partial charge in [-0.2, -0.15) is 0 Å². The van der Waals surface area contributed by atoms with Crippen molar-refractivity contribution in [2.24, 2.45) is 0 Å². The van der Waals surface area contributed by atoms with Crippen LogP contribution >= 0.6 is 0 Å². The van der Waals surface area contributed by atoms with E-state index in [4.69, 9.17) is 0 Å². The number of anilines is 2. The zero-order valence-corrected chi connectivity index (χ0v) is 40.8. The summed E-state index contributed by atoms with van der Waals surface area (Å²) in [5, 5.41) is 2.77. The van der Waals surface area contributed by atoms with E-state index in [-0.39, 0.29) is 11.5 Å². The van der Waals surface area contributed by atoms with Gasteiger partial charge in [-0.15, -0.1) is 0 Å². The Hall–Kier alpha value is -7.48. The Bertz CT molecular complexity index is 3350. The molecule has 3 aliphatic carbocycles. The van der Waals surface area contributed by atoms with Crippen LogP contribution < -0.4 is 4.90 Å². The fourth-order valence-electron chi connectivity index (χ4n) is 12.6. The van der Waals surface area contributed by atoms with Crippen molar-refractivity contribution in [3.05, 3.63) is 269 Å². The molecule has 0 saturated heterocycles. The zero-order chi connectivity index (χ0) is 47.2. The zero-order valence-electron chi connectivity index (χ0n) is 40.8. The average molecular weight is 904 g/mol. The topological polar surface area (TPSA) is 3.24 Å². The Morgan fingerprint density at radius 3 is 1.77 bits per heavy atom. The number of allylic oxidation sites excluding steroid dienone is 2. The van der Waals surface area contributed by atoms with Gasteiger partial charge in [0.2, 0.25) is 0 Å². The van der Waals surface area contributed by atoms with Crippen LogP contribution in [0.25, 0.3) is 49.7 Å². The van der Waals surface area contributed by atoms with E-state index in [1.165, 1.54) is 132 Å². The van der Waals surface area contributed by atoms with Crippen LogP contribution in [-0.2, 0) is 10.8 Å². The van der Waals surface area contributed by atoms with Gasteiger partial charge < -0.3 is 4.90 Å². The molecule has 1 saturated carbocycles. The molecule has 0 amide bonds. The number of hydrogen-bond donors (Lipinski definition) is 0. The summed E-state index contributed by atoms with van der Waals surface area (Å²) in [4.78, 5) is 2.66. The highest BCUT2D eigenvalue weighted by atomic mass is 15.2. The van der Waals surface area contributed by atoms with E-state index in [2.05, 4.69) is 256 Å². The second-order valence-electron chi connectivity index (χ2n) is 20.9. The lowest BCUT2D eigenvalue weighted by molar-refractivity contribution is 0.445. The molecule has 0 aromatic heterocycles. The van der Waals surface area contributed by atoms with Gasteiger partial charge >= 0.3 is 0 Å². The molecule has 0 bridgehead atoms. The number of fused-ring (bicyclic) bond motifs is 4. The first kappa shape index (κ1) is 43.8. The Labute approximate surface area is 415 Å². The van der Waals surface area contributed by atoms with Crippen molar-refractivity contribution in [1.82, 2.24) is 0 Å². The third kappa shape index (κ3) is 7.46. The Kier molecular flexibility index (Phi) is 11.3. The van der Waals surface area contributed by atoms with Gasteiger partial charge in [0.15, 0.2) is 0 Å². The molecule has 1 heteroatoms. The van der Waals surface area contributed by atoms with Gasteiger partial charge in [0.1, 0.15) is 0 Å². The second kappa shape index (κ2) is 18.1. The standard InChI is InChI=1S/C69H61N/c1-68(2,3)52-44-40-49(41-45-52)56-30-14-17-38-64(56)70(65-39-18-15-31-59(65)60-35-20-25-51-24-19-33-57(66(51)60)48-22-7-4-8-23-48)55-46-42-50(43-47-55)58-34-21-37-63-67(58)61-32-13-16-36-62(61)69(63,53-26-9-5-10-27-53)54-28-11-6-12-29-54/h5-6,9-21,24-38,40-48,65H,4,7-8,22-23,39H2,1-3H3. The Balaban J connectivity index is 1.03. The van der Waals surface area contributed by atoms with Crippen LogP contribution in [0.4, 0.5) is 11.4 Å². The summed E-state index contributed by atoms with van der Waals surface area (Å²) in [6.07, 6.45) is 14.5. The number of para-hydroxylation sites is 1. The average Bonchev–Trinajstić information content (AvgIpc) is 3.73. The quantitative estimate of drug-likeness (QED) is 0.139. The third-order valence-electron chi connectivity index (χ3n) is 15.9. The third-order valence-corrected chi connectivity index (χ3v) is 15.9. The van der Waals surface area contributed by atoms with Gasteiger partial charge in [0, 0.05) is 16.9 Å². The van der Waals surface area contributed by atoms with E-state index in [9.17, 15) is 0 Å². The van der Waals surface area contributed by atoms with Crippen molar-refractivity contribution >= 4 is 27.7 Å². The first-order valence-corrected chi connectivity index (χ1v) is 25.7. The molecule has 9 aromatic rings. The highest BCUT2D eigenvalue weighted by Crippen LogP contribution is 2.58. The molecule has 1 fully saturated rings. The molecule has 0 aliphatic heterocycles. The van der Waals surface area contributed by atoms with E-state index >= 15 is 0 Å². The second-order valence-corrected chi connectivity index (χ2v) is 20.9. The fourth-order valence-corrected chi connectivity index (χ4v) is 12.6. The van der Waals surface area contributed by atoms with Crippen LogP contribution in [0.15, 0.2) is 231 Å². The van der Waals surface area contributed by atoms with E-state index < -0.39 is 5.41 Å². The molecule has 70 heavy (non-hydrogen) atoms. The molecule has 9 aromatic carbocycles. The van der Waals surface area contributed by atoms with Crippen LogP contribution in [0.1, 0.15) is 104 Å². The van der Waals surface area contributed by atoms with Crippen molar-refractivity contribution in [1.29, 1.82) is 0 Å². The predicted molar refractivity (Wildman–Crippen MR) is 297 cm³/mol. The molecule has 0 heterocycles. The first-order valence-electron chi connectivity index (χ1n) is 25.7. The van der Waals surface area contributed by atoms with E-state index in [1.807, 2.05) is 0 Å². The Morgan fingerprint density at radius 2 is 1.06 bits per heavy atom. The van der Waals surface area contributed by atoms with Crippen molar-refractivity contribution in [3.63, 3.8) is 0 Å². The van der Waals surface area contributed by atoms with Gasteiger partial charge in [-0.05, 0) is 132 Å². The van der Waals surface area contributed by atoms with E-state index in [0.29, 0.717) is 5.92 Å². The summed E-state index contributed by atoms with van der Waals surface area (Å²) in [5.41, 5.74) is 20.4. The van der Waals surface area contributed by atoms with Crippen LogP contribution in [0, 0.1) is 0 Å². The molecule has 1 atom stereocenters. The van der Waals surface area contributed by atoms with Gasteiger partial charge in [-0.25, -0.2) is 0 Å². The number of rotatable bonds is 9. The van der Waals surface area contributed by atoms with Gasteiger partial charge in [0.05, 0.1) is 11.5 Å². The smallest absolute Gasteiger partial charge is 0.0713 e. The highest BCUT2D eigenvalue weighted by Gasteiger charge is 2.46. The molecule has 1 nitrogen and oxygen atoms in total. The predicted octanol–water partition coefficient (Wildman–Crippen LogP) is 18.4. The molecule has 342 valence electrons. The minimum absolute atomic E-state index is 0.0427. The summed E-state index contributed by atoms with van der Waals surface area (Å²) in [7, 11) is 0. The monoisotopic (exact) mass is 903 g/mol. The molecular formula is C69H61N.